The van der Waals surface area contributed by atoms with Crippen LogP contribution in [0.4, 0.5) is 0 Å². The maximum absolute atomic E-state index is 5.08. The maximum Gasteiger partial charge on any atom is 0.232 e. The van der Waals surface area contributed by atoms with Crippen LogP contribution in [0.3, 0.4) is 0 Å². The summed E-state index contributed by atoms with van der Waals surface area (Å²) in [5.41, 5.74) is 5.08. The molecule has 0 unspecified atom stereocenters. The van der Waals surface area contributed by atoms with Crippen molar-refractivity contribution in [3.63, 3.8) is 0 Å². The molecule has 1 aromatic heterocycles. The molecule has 1 rings (SSSR count). The molecule has 4 heteroatoms. The smallest absolute Gasteiger partial charge is 0.232 e. The SMILES string of the molecule is NC=CCOc1cc[nH]n1. The molecule has 0 fully saturated rings. The van der Waals surface area contributed by atoms with Gasteiger partial charge in [-0.2, -0.15) is 0 Å². The molecule has 0 bridgehead atoms. The lowest BCUT2D eigenvalue weighted by atomic mass is 10.6. The monoisotopic (exact) mass is 139 g/mol. The first-order valence-corrected chi connectivity index (χ1v) is 2.93. The zero-order valence-corrected chi connectivity index (χ0v) is 5.45. The minimum Gasteiger partial charge on any atom is -0.472 e. The van der Waals surface area contributed by atoms with E-state index >= 15 is 0 Å². The van der Waals surface area contributed by atoms with Crippen molar-refractivity contribution in [3.8, 4) is 5.88 Å². The van der Waals surface area contributed by atoms with Gasteiger partial charge in [0.05, 0.1) is 0 Å². The fourth-order valence-corrected chi connectivity index (χ4v) is 0.516. The summed E-state index contributed by atoms with van der Waals surface area (Å²) in [6.45, 7) is 0.460. The van der Waals surface area contributed by atoms with E-state index < -0.39 is 0 Å². The zero-order chi connectivity index (χ0) is 7.23. The van der Waals surface area contributed by atoms with Gasteiger partial charge in [-0.05, 0) is 12.3 Å². The second-order valence-electron chi connectivity index (χ2n) is 1.65. The highest BCUT2D eigenvalue weighted by Crippen LogP contribution is 2.00. The Labute approximate surface area is 58.7 Å². The summed E-state index contributed by atoms with van der Waals surface area (Å²) in [5, 5.41) is 6.39. The Bertz CT molecular complexity index is 193. The molecule has 0 atom stereocenters. The second-order valence-corrected chi connectivity index (χ2v) is 1.65. The Morgan fingerprint density at radius 1 is 1.80 bits per heavy atom. The largest absolute Gasteiger partial charge is 0.472 e. The molecule has 4 nitrogen and oxygen atoms in total. The molecule has 10 heavy (non-hydrogen) atoms. The number of hydrogen-bond acceptors (Lipinski definition) is 3. The van der Waals surface area contributed by atoms with E-state index in [0.717, 1.165) is 0 Å². The van der Waals surface area contributed by atoms with Crippen LogP contribution >= 0.6 is 0 Å². The summed E-state index contributed by atoms with van der Waals surface area (Å²) in [5.74, 6) is 0.582. The Balaban J connectivity index is 2.28. The molecule has 0 amide bonds. The number of nitrogens with one attached hydrogen (secondary N) is 1. The van der Waals surface area contributed by atoms with Crippen LogP contribution in [-0.4, -0.2) is 16.8 Å². The van der Waals surface area contributed by atoms with E-state index in [1.54, 1.807) is 18.3 Å². The average Bonchev–Trinajstić information content (AvgIpc) is 2.41. The predicted molar refractivity (Wildman–Crippen MR) is 37.4 cm³/mol. The van der Waals surface area contributed by atoms with Crippen LogP contribution < -0.4 is 10.5 Å². The Morgan fingerprint density at radius 2 is 2.70 bits per heavy atom. The van der Waals surface area contributed by atoms with E-state index in [1.165, 1.54) is 6.20 Å². The van der Waals surface area contributed by atoms with Gasteiger partial charge in [0.2, 0.25) is 5.88 Å². The standard InChI is InChI=1S/C6H9N3O/c7-3-1-5-10-6-2-4-8-9-6/h1-4H,5,7H2,(H,8,9). The molecule has 0 aliphatic heterocycles. The fraction of sp³-hybridized carbons (Fsp3) is 0.167. The van der Waals surface area contributed by atoms with Crippen molar-refractivity contribution in [1.82, 2.24) is 10.2 Å². The fourth-order valence-electron chi connectivity index (χ4n) is 0.516. The van der Waals surface area contributed by atoms with Gasteiger partial charge in [0.1, 0.15) is 6.61 Å². The number of rotatable bonds is 3. The topological polar surface area (TPSA) is 63.9 Å². The van der Waals surface area contributed by atoms with Gasteiger partial charge in [-0.3, -0.25) is 5.10 Å². The first kappa shape index (κ1) is 6.67. The van der Waals surface area contributed by atoms with Gasteiger partial charge in [0, 0.05) is 12.3 Å². The average molecular weight is 139 g/mol. The van der Waals surface area contributed by atoms with Gasteiger partial charge < -0.3 is 10.5 Å². The number of aromatic nitrogens is 2. The molecule has 0 aromatic carbocycles. The van der Waals surface area contributed by atoms with Gasteiger partial charge >= 0.3 is 0 Å². The van der Waals surface area contributed by atoms with Gasteiger partial charge in [-0.1, -0.05) is 0 Å². The van der Waals surface area contributed by atoms with Crippen molar-refractivity contribution in [2.75, 3.05) is 6.61 Å². The van der Waals surface area contributed by atoms with Crippen molar-refractivity contribution in [1.29, 1.82) is 0 Å². The zero-order valence-electron chi connectivity index (χ0n) is 5.45. The van der Waals surface area contributed by atoms with Crippen molar-refractivity contribution in [2.45, 2.75) is 0 Å². The minimum absolute atomic E-state index is 0.460. The lowest BCUT2D eigenvalue weighted by Crippen LogP contribution is -1.94. The van der Waals surface area contributed by atoms with E-state index in [-0.39, 0.29) is 0 Å². The molecule has 0 saturated carbocycles. The highest BCUT2D eigenvalue weighted by molar-refractivity contribution is 5.04. The molecule has 3 N–H and O–H groups in total. The lowest BCUT2D eigenvalue weighted by molar-refractivity contribution is 0.347. The molecule has 54 valence electrons. The van der Waals surface area contributed by atoms with Crippen molar-refractivity contribution < 1.29 is 4.74 Å². The first-order valence-electron chi connectivity index (χ1n) is 2.93. The molecule has 0 radical (unpaired) electrons. The third kappa shape index (κ3) is 1.81. The first-order chi connectivity index (χ1) is 4.93. The van der Waals surface area contributed by atoms with Crippen LogP contribution in [0.1, 0.15) is 0 Å². The van der Waals surface area contributed by atoms with Crippen LogP contribution in [0.2, 0.25) is 0 Å². The van der Waals surface area contributed by atoms with Crippen LogP contribution in [0, 0.1) is 0 Å². The summed E-state index contributed by atoms with van der Waals surface area (Å²) >= 11 is 0. The number of hydrogen-bond donors (Lipinski definition) is 2. The lowest BCUT2D eigenvalue weighted by Gasteiger charge is -1.94. The Morgan fingerprint density at radius 3 is 3.30 bits per heavy atom. The number of ether oxygens (including phenoxy) is 1. The minimum atomic E-state index is 0.460. The third-order valence-corrected chi connectivity index (χ3v) is 0.939. The molecule has 1 heterocycles. The highest BCUT2D eigenvalue weighted by atomic mass is 16.5. The van der Waals surface area contributed by atoms with Crippen molar-refractivity contribution in [3.05, 3.63) is 24.5 Å². The summed E-state index contributed by atoms with van der Waals surface area (Å²) in [6.07, 6.45) is 4.84. The Kier molecular flexibility index (Phi) is 2.37. The highest BCUT2D eigenvalue weighted by Gasteiger charge is 1.89. The van der Waals surface area contributed by atoms with Gasteiger partial charge in [0.25, 0.3) is 0 Å². The van der Waals surface area contributed by atoms with E-state index in [0.29, 0.717) is 12.5 Å². The van der Waals surface area contributed by atoms with Gasteiger partial charge in [0.15, 0.2) is 0 Å². The number of nitrogens with zero attached hydrogens (tertiary/aromatic N) is 1. The summed E-state index contributed by atoms with van der Waals surface area (Å²) in [7, 11) is 0. The molecule has 0 saturated heterocycles. The number of aromatic amines is 1. The van der Waals surface area contributed by atoms with E-state index in [9.17, 15) is 0 Å². The summed E-state index contributed by atoms with van der Waals surface area (Å²) in [4.78, 5) is 0. The molecular weight excluding hydrogens is 130 g/mol. The molecular formula is C6H9N3O. The summed E-state index contributed by atoms with van der Waals surface area (Å²) < 4.78 is 5.08. The van der Waals surface area contributed by atoms with Gasteiger partial charge in [-0.15, -0.1) is 5.10 Å². The quantitative estimate of drug-likeness (QED) is 0.631. The molecule has 0 aliphatic rings. The number of nitrogens with two attached hydrogens (primary N) is 1. The second kappa shape index (κ2) is 3.55. The van der Waals surface area contributed by atoms with Crippen LogP contribution in [0.15, 0.2) is 24.5 Å². The Hall–Kier alpha value is -1.45. The van der Waals surface area contributed by atoms with Crippen molar-refractivity contribution >= 4 is 0 Å². The van der Waals surface area contributed by atoms with Crippen LogP contribution in [0.25, 0.3) is 0 Å². The molecule has 0 aliphatic carbocycles. The van der Waals surface area contributed by atoms with Gasteiger partial charge in [-0.25, -0.2) is 0 Å². The third-order valence-electron chi connectivity index (χ3n) is 0.939. The maximum atomic E-state index is 5.08. The van der Waals surface area contributed by atoms with E-state index in [1.807, 2.05) is 0 Å². The summed E-state index contributed by atoms with van der Waals surface area (Å²) in [6, 6.07) is 1.74. The molecule has 0 spiro atoms. The number of H-pyrrole nitrogens is 1. The van der Waals surface area contributed by atoms with Crippen molar-refractivity contribution in [2.24, 2.45) is 5.73 Å². The van der Waals surface area contributed by atoms with E-state index in [2.05, 4.69) is 10.2 Å². The van der Waals surface area contributed by atoms with Crippen LogP contribution in [0.5, 0.6) is 5.88 Å². The van der Waals surface area contributed by atoms with E-state index in [4.69, 9.17) is 10.5 Å². The van der Waals surface area contributed by atoms with Crippen LogP contribution in [-0.2, 0) is 0 Å². The predicted octanol–water partition coefficient (Wildman–Crippen LogP) is 0.261. The normalized spacial score (nSPS) is 10.4. The molecule has 1 aromatic rings.